The van der Waals surface area contributed by atoms with Crippen molar-refractivity contribution in [3.63, 3.8) is 0 Å². The van der Waals surface area contributed by atoms with Crippen molar-refractivity contribution >= 4 is 31.5 Å². The number of pyridine rings is 1. The molecule has 0 N–H and O–H groups in total. The van der Waals surface area contributed by atoms with E-state index in [-0.39, 0.29) is 26.1 Å². The molecule has 3 heterocycles. The number of nitrogens with zero attached hydrogens (tertiary/aromatic N) is 2. The average molecular weight is 608 g/mol. The Morgan fingerprint density at radius 1 is 0.812 bits per heavy atom. The molecule has 0 aliphatic carbocycles. The molecular weight excluding hydrogens is 589 g/mol. The summed E-state index contributed by atoms with van der Waals surface area (Å²) in [6, 6.07) is 33.0. The maximum atomic E-state index is 4.53. The van der Waals surface area contributed by atoms with Crippen LogP contribution in [0.3, 0.4) is 0 Å². The van der Waals surface area contributed by atoms with Crippen molar-refractivity contribution in [3.8, 4) is 11.3 Å². The summed E-state index contributed by atoms with van der Waals surface area (Å²) in [5, 5.41) is 7.17. The largest absolute Gasteiger partial charge is 3.00 e. The second-order valence-corrected chi connectivity index (χ2v) is 8.10. The van der Waals surface area contributed by atoms with Gasteiger partial charge in [0.05, 0.1) is 0 Å². The van der Waals surface area contributed by atoms with E-state index in [0.29, 0.717) is 0 Å². The van der Waals surface area contributed by atoms with Gasteiger partial charge in [-0.05, 0) is 23.2 Å². The van der Waals surface area contributed by atoms with E-state index in [1.807, 2.05) is 72.1 Å². The van der Waals surface area contributed by atoms with E-state index in [2.05, 4.69) is 64.9 Å². The van der Waals surface area contributed by atoms with Crippen molar-refractivity contribution in [2.24, 2.45) is 0 Å². The Hall–Kier alpha value is -3.04. The van der Waals surface area contributed by atoms with Crippen molar-refractivity contribution in [1.29, 1.82) is 0 Å². The smallest absolute Gasteiger partial charge is 0.683 e. The number of allylic oxidation sites excluding steroid dienone is 2. The molecule has 0 amide bonds. The summed E-state index contributed by atoms with van der Waals surface area (Å²) < 4.78 is 2.63. The van der Waals surface area contributed by atoms with E-state index in [1.165, 1.54) is 25.7 Å². The Balaban J connectivity index is 0.000000164. The standard InChI is InChI=1S/C17H11NS.C11H8N.Ir/c1-2-10-16-12(6-1)13-7-5-8-14(17(13)19-16)15-9-3-4-11-18-15;1-2-6-10(7-3-1)11-8-4-5-9-12-11;/h1-7,9-11,15H;1-6,8-9H;/q-2;-1;+3. The minimum Gasteiger partial charge on any atom is -0.683 e. The Bertz CT molecular complexity index is 1320. The summed E-state index contributed by atoms with van der Waals surface area (Å²) in [7, 11) is 0. The van der Waals surface area contributed by atoms with E-state index < -0.39 is 0 Å². The second kappa shape index (κ2) is 10.5. The zero-order valence-corrected chi connectivity index (χ0v) is 20.3. The molecule has 4 heteroatoms. The molecule has 0 fully saturated rings. The first-order valence-corrected chi connectivity index (χ1v) is 10.9. The Morgan fingerprint density at radius 2 is 1.69 bits per heavy atom. The van der Waals surface area contributed by atoms with Crippen LogP contribution < -0.4 is 0 Å². The molecule has 1 aliphatic heterocycles. The third-order valence-corrected chi connectivity index (χ3v) is 6.27. The fraction of sp³-hybridized carbons (Fsp3) is 0.0357. The fourth-order valence-corrected chi connectivity index (χ4v) is 4.82. The van der Waals surface area contributed by atoms with E-state index >= 15 is 0 Å². The van der Waals surface area contributed by atoms with Gasteiger partial charge in [0.1, 0.15) is 0 Å². The van der Waals surface area contributed by atoms with Crippen molar-refractivity contribution in [2.75, 3.05) is 0 Å². The monoisotopic (exact) mass is 608 g/mol. The molecule has 1 aliphatic rings. The number of thiophene rings is 1. The maximum Gasteiger partial charge on any atom is 3.00 e. The van der Waals surface area contributed by atoms with Crippen molar-refractivity contribution in [1.82, 2.24) is 4.98 Å². The summed E-state index contributed by atoms with van der Waals surface area (Å²) in [5.41, 5.74) is 3.19. The van der Waals surface area contributed by atoms with Gasteiger partial charge in [0.2, 0.25) is 0 Å². The van der Waals surface area contributed by atoms with Gasteiger partial charge in [-0.1, -0.05) is 59.3 Å². The number of fused-ring (bicyclic) bond motifs is 3. The normalized spacial score (nSPS) is 14.3. The SMILES string of the molecule is [Ir+3].[c-]1ccc2c(sc3ccccc32)c1C1C=CC=C[N-]1.[c-]1ccccc1-c1ccccn1. The van der Waals surface area contributed by atoms with Crippen LogP contribution in [0.2, 0.25) is 0 Å². The van der Waals surface area contributed by atoms with Gasteiger partial charge in [-0.25, -0.2) is 11.3 Å². The topological polar surface area (TPSA) is 27.0 Å². The molecule has 6 rings (SSSR count). The van der Waals surface area contributed by atoms with Crippen molar-refractivity contribution in [2.45, 2.75) is 6.04 Å². The molecule has 156 valence electrons. The van der Waals surface area contributed by atoms with E-state index in [9.17, 15) is 0 Å². The quantitative estimate of drug-likeness (QED) is 0.188. The van der Waals surface area contributed by atoms with Crippen LogP contribution in [0.25, 0.3) is 36.7 Å². The van der Waals surface area contributed by atoms with Crippen LogP contribution in [0, 0.1) is 12.1 Å². The van der Waals surface area contributed by atoms with Crippen LogP contribution in [0.5, 0.6) is 0 Å². The van der Waals surface area contributed by atoms with Crippen LogP contribution in [0.15, 0.2) is 109 Å². The Labute approximate surface area is 205 Å². The number of rotatable bonds is 2. The molecule has 0 saturated heterocycles. The first kappa shape index (κ1) is 22.2. The third-order valence-electron chi connectivity index (χ3n) is 5.05. The molecule has 2 nitrogen and oxygen atoms in total. The van der Waals surface area contributed by atoms with Gasteiger partial charge in [0.25, 0.3) is 0 Å². The van der Waals surface area contributed by atoms with Crippen LogP contribution in [-0.2, 0) is 20.1 Å². The van der Waals surface area contributed by atoms with E-state index in [0.717, 1.165) is 11.3 Å². The molecule has 5 aromatic rings. The van der Waals surface area contributed by atoms with Gasteiger partial charge >= 0.3 is 20.1 Å². The maximum absolute atomic E-state index is 4.53. The molecule has 2 aromatic heterocycles. The van der Waals surface area contributed by atoms with Crippen LogP contribution in [0.4, 0.5) is 0 Å². The predicted octanol–water partition coefficient (Wildman–Crippen LogP) is 7.90. The Kier molecular flexibility index (Phi) is 7.28. The van der Waals surface area contributed by atoms with Gasteiger partial charge < -0.3 is 10.3 Å². The summed E-state index contributed by atoms with van der Waals surface area (Å²) in [4.78, 5) is 4.22. The molecule has 0 saturated carbocycles. The molecule has 0 spiro atoms. The Morgan fingerprint density at radius 3 is 2.47 bits per heavy atom. The third kappa shape index (κ3) is 4.73. The van der Waals surface area contributed by atoms with E-state index in [1.54, 1.807) is 6.20 Å². The van der Waals surface area contributed by atoms with Crippen molar-refractivity contribution in [3.05, 3.63) is 133 Å². The zero-order chi connectivity index (χ0) is 20.9. The molecule has 1 unspecified atom stereocenters. The predicted molar refractivity (Wildman–Crippen MR) is 131 cm³/mol. The number of hydrogen-bond acceptors (Lipinski definition) is 2. The minimum absolute atomic E-state index is 0. The molecule has 32 heavy (non-hydrogen) atoms. The fourth-order valence-electron chi connectivity index (χ4n) is 3.59. The second-order valence-electron chi connectivity index (χ2n) is 7.04. The van der Waals surface area contributed by atoms with Gasteiger partial charge in [-0.3, -0.25) is 0 Å². The summed E-state index contributed by atoms with van der Waals surface area (Å²) >= 11 is 1.83. The van der Waals surface area contributed by atoms with Crippen LogP contribution in [0.1, 0.15) is 11.6 Å². The van der Waals surface area contributed by atoms with Gasteiger partial charge in [-0.2, -0.15) is 30.0 Å². The molecule has 3 aromatic carbocycles. The summed E-state index contributed by atoms with van der Waals surface area (Å²) in [6.45, 7) is 0. The van der Waals surface area contributed by atoms with Crippen LogP contribution in [-0.4, -0.2) is 4.98 Å². The molecule has 0 radical (unpaired) electrons. The van der Waals surface area contributed by atoms with Gasteiger partial charge in [0.15, 0.2) is 0 Å². The summed E-state index contributed by atoms with van der Waals surface area (Å²) in [5.74, 6) is 0. The number of hydrogen-bond donors (Lipinski definition) is 0. The van der Waals surface area contributed by atoms with E-state index in [4.69, 9.17) is 0 Å². The minimum atomic E-state index is 0. The van der Waals surface area contributed by atoms with Gasteiger partial charge in [0, 0.05) is 10.9 Å². The van der Waals surface area contributed by atoms with Crippen LogP contribution >= 0.6 is 11.3 Å². The molecular formula is C28H19IrN2S. The summed E-state index contributed by atoms with van der Waals surface area (Å²) in [6.07, 6.45) is 9.79. The zero-order valence-electron chi connectivity index (χ0n) is 17.1. The van der Waals surface area contributed by atoms with Gasteiger partial charge in [-0.15, -0.1) is 41.3 Å². The van der Waals surface area contributed by atoms with Crippen molar-refractivity contribution < 1.29 is 20.1 Å². The average Bonchev–Trinajstić information content (AvgIpc) is 3.25. The molecule has 1 atom stereocenters. The first-order chi connectivity index (χ1) is 15.4. The number of aromatic nitrogens is 1. The first-order valence-electron chi connectivity index (χ1n) is 10.1. The number of benzene rings is 3. The molecule has 0 bridgehead atoms.